The number of hydrogen-bond acceptors (Lipinski definition) is 2. The van der Waals surface area contributed by atoms with Crippen molar-refractivity contribution in [3.63, 3.8) is 0 Å². The van der Waals surface area contributed by atoms with E-state index >= 15 is 0 Å². The van der Waals surface area contributed by atoms with Crippen molar-refractivity contribution in [2.45, 2.75) is 52.6 Å². The molecule has 0 aliphatic rings. The van der Waals surface area contributed by atoms with Gasteiger partial charge in [-0.1, -0.05) is 31.2 Å². The number of carbonyl (C=O) groups excluding carboxylic acids is 1. The van der Waals surface area contributed by atoms with Crippen LogP contribution in [0.2, 0.25) is 0 Å². The topological polar surface area (TPSA) is 41.1 Å². The average molecular weight is 262 g/mol. The maximum absolute atomic E-state index is 11.8. The highest BCUT2D eigenvalue weighted by Crippen LogP contribution is 2.13. The molecule has 3 heteroatoms. The lowest BCUT2D eigenvalue weighted by Gasteiger charge is -2.21. The molecule has 0 heterocycles. The summed E-state index contributed by atoms with van der Waals surface area (Å²) in [6.45, 7) is 10.6. The Kier molecular flexibility index (Phi) is 5.55. The molecule has 0 radical (unpaired) electrons. The van der Waals surface area contributed by atoms with Crippen molar-refractivity contribution in [3.05, 3.63) is 35.4 Å². The molecule has 0 saturated carbocycles. The monoisotopic (exact) mass is 262 g/mol. The van der Waals surface area contributed by atoms with Gasteiger partial charge in [-0.15, -0.1) is 0 Å². The van der Waals surface area contributed by atoms with Gasteiger partial charge in [-0.05, 0) is 45.2 Å². The Bertz CT molecular complexity index is 404. The highest BCUT2D eigenvalue weighted by molar-refractivity contribution is 5.78. The summed E-state index contributed by atoms with van der Waals surface area (Å²) in [5, 5.41) is 6.19. The summed E-state index contributed by atoms with van der Waals surface area (Å²) in [5.41, 5.74) is 2.42. The maximum atomic E-state index is 11.8. The Labute approximate surface area is 116 Å². The fourth-order valence-corrected chi connectivity index (χ4v) is 1.76. The molecule has 1 aromatic rings. The van der Waals surface area contributed by atoms with Gasteiger partial charge < -0.3 is 10.6 Å². The number of amides is 1. The molecule has 0 bridgehead atoms. The summed E-state index contributed by atoms with van der Waals surface area (Å²) in [6.07, 6.45) is 1.04. The Balaban J connectivity index is 2.49. The smallest absolute Gasteiger partial charge is 0.234 e. The number of benzene rings is 1. The van der Waals surface area contributed by atoms with Crippen molar-refractivity contribution in [2.24, 2.45) is 0 Å². The van der Waals surface area contributed by atoms with E-state index < -0.39 is 0 Å². The Morgan fingerprint density at radius 2 is 1.79 bits per heavy atom. The Hall–Kier alpha value is -1.35. The van der Waals surface area contributed by atoms with Gasteiger partial charge in [0.25, 0.3) is 0 Å². The van der Waals surface area contributed by atoms with E-state index in [-0.39, 0.29) is 17.5 Å². The molecule has 106 valence electrons. The first kappa shape index (κ1) is 15.7. The first-order valence-corrected chi connectivity index (χ1v) is 6.95. The normalized spacial score (nSPS) is 13.1. The van der Waals surface area contributed by atoms with Gasteiger partial charge in [-0.3, -0.25) is 4.79 Å². The standard InChI is InChI=1S/C16H26N2O/c1-6-13-7-9-14(10-8-13)12(2)18-15(19)11-17-16(3,4)5/h7-10,12,17H,6,11H2,1-5H3,(H,18,19). The summed E-state index contributed by atoms with van der Waals surface area (Å²) in [6, 6.07) is 8.44. The minimum absolute atomic E-state index is 0.0296. The molecule has 0 aliphatic carbocycles. The highest BCUT2D eigenvalue weighted by atomic mass is 16.1. The van der Waals surface area contributed by atoms with Crippen LogP contribution in [0.5, 0.6) is 0 Å². The fraction of sp³-hybridized carbons (Fsp3) is 0.562. The van der Waals surface area contributed by atoms with Crippen molar-refractivity contribution >= 4 is 5.91 Å². The van der Waals surface area contributed by atoms with Gasteiger partial charge in [0, 0.05) is 5.54 Å². The van der Waals surface area contributed by atoms with Crippen LogP contribution in [0.4, 0.5) is 0 Å². The third-order valence-corrected chi connectivity index (χ3v) is 3.04. The molecule has 0 aliphatic heterocycles. The summed E-state index contributed by atoms with van der Waals surface area (Å²) in [7, 11) is 0. The molecule has 0 aromatic heterocycles. The summed E-state index contributed by atoms with van der Waals surface area (Å²) < 4.78 is 0. The van der Waals surface area contributed by atoms with Crippen molar-refractivity contribution in [2.75, 3.05) is 6.54 Å². The summed E-state index contributed by atoms with van der Waals surface area (Å²) in [4.78, 5) is 11.8. The first-order valence-electron chi connectivity index (χ1n) is 6.95. The van der Waals surface area contributed by atoms with E-state index in [1.807, 2.05) is 27.7 Å². The van der Waals surface area contributed by atoms with Crippen LogP contribution in [-0.2, 0) is 11.2 Å². The quantitative estimate of drug-likeness (QED) is 0.856. The second-order valence-corrected chi connectivity index (χ2v) is 5.99. The van der Waals surface area contributed by atoms with E-state index in [0.717, 1.165) is 12.0 Å². The molecule has 1 atom stereocenters. The first-order chi connectivity index (χ1) is 8.81. The van der Waals surface area contributed by atoms with Crippen LogP contribution < -0.4 is 10.6 Å². The zero-order chi connectivity index (χ0) is 14.5. The molecule has 1 aromatic carbocycles. The van der Waals surface area contributed by atoms with Gasteiger partial charge in [0.05, 0.1) is 12.6 Å². The van der Waals surface area contributed by atoms with Crippen LogP contribution >= 0.6 is 0 Å². The average Bonchev–Trinajstić information content (AvgIpc) is 2.35. The fourth-order valence-electron chi connectivity index (χ4n) is 1.76. The zero-order valence-corrected chi connectivity index (χ0v) is 12.7. The maximum Gasteiger partial charge on any atom is 0.234 e. The molecule has 0 saturated heterocycles. The molecule has 0 fully saturated rings. The van der Waals surface area contributed by atoms with E-state index in [9.17, 15) is 4.79 Å². The molecule has 1 amide bonds. The van der Waals surface area contributed by atoms with Crippen LogP contribution in [0, 0.1) is 0 Å². The third kappa shape index (κ3) is 5.88. The second-order valence-electron chi connectivity index (χ2n) is 5.99. The SMILES string of the molecule is CCc1ccc(C(C)NC(=O)CNC(C)(C)C)cc1. The number of hydrogen-bond donors (Lipinski definition) is 2. The van der Waals surface area contributed by atoms with Gasteiger partial charge in [0.1, 0.15) is 0 Å². The molecule has 3 nitrogen and oxygen atoms in total. The van der Waals surface area contributed by atoms with Crippen LogP contribution in [0.1, 0.15) is 51.8 Å². The Morgan fingerprint density at radius 3 is 2.26 bits per heavy atom. The van der Waals surface area contributed by atoms with Gasteiger partial charge in [0.2, 0.25) is 5.91 Å². The van der Waals surface area contributed by atoms with E-state index in [0.29, 0.717) is 6.54 Å². The number of nitrogens with one attached hydrogen (secondary N) is 2. The molecule has 1 unspecified atom stereocenters. The largest absolute Gasteiger partial charge is 0.348 e. The highest BCUT2D eigenvalue weighted by Gasteiger charge is 2.13. The number of aryl methyl sites for hydroxylation is 1. The van der Waals surface area contributed by atoms with Crippen LogP contribution in [0.15, 0.2) is 24.3 Å². The lowest BCUT2D eigenvalue weighted by Crippen LogP contribution is -2.43. The molecule has 1 rings (SSSR count). The van der Waals surface area contributed by atoms with Gasteiger partial charge >= 0.3 is 0 Å². The lowest BCUT2D eigenvalue weighted by molar-refractivity contribution is -0.121. The lowest BCUT2D eigenvalue weighted by atomic mass is 10.0. The zero-order valence-electron chi connectivity index (χ0n) is 12.7. The van der Waals surface area contributed by atoms with Crippen molar-refractivity contribution in [1.82, 2.24) is 10.6 Å². The molecule has 2 N–H and O–H groups in total. The molecule has 0 spiro atoms. The molecular weight excluding hydrogens is 236 g/mol. The van der Waals surface area contributed by atoms with Crippen molar-refractivity contribution in [3.8, 4) is 0 Å². The minimum atomic E-state index is -0.0383. The minimum Gasteiger partial charge on any atom is -0.348 e. The number of rotatable bonds is 5. The Morgan fingerprint density at radius 1 is 1.21 bits per heavy atom. The van der Waals surface area contributed by atoms with Crippen LogP contribution in [0.25, 0.3) is 0 Å². The van der Waals surface area contributed by atoms with Gasteiger partial charge in [0.15, 0.2) is 0 Å². The second kappa shape index (κ2) is 6.71. The van der Waals surface area contributed by atoms with Crippen molar-refractivity contribution < 1.29 is 4.79 Å². The number of carbonyl (C=O) groups is 1. The molecular formula is C16H26N2O. The van der Waals surface area contributed by atoms with E-state index in [4.69, 9.17) is 0 Å². The van der Waals surface area contributed by atoms with Gasteiger partial charge in [-0.25, -0.2) is 0 Å². The van der Waals surface area contributed by atoms with Crippen molar-refractivity contribution in [1.29, 1.82) is 0 Å². The van der Waals surface area contributed by atoms with Gasteiger partial charge in [-0.2, -0.15) is 0 Å². The van der Waals surface area contributed by atoms with E-state index in [1.165, 1.54) is 5.56 Å². The van der Waals surface area contributed by atoms with Crippen LogP contribution in [0.3, 0.4) is 0 Å². The predicted octanol–water partition coefficient (Wildman–Crippen LogP) is 2.81. The van der Waals surface area contributed by atoms with Crippen LogP contribution in [-0.4, -0.2) is 18.0 Å². The van der Waals surface area contributed by atoms with E-state index in [2.05, 4.69) is 41.8 Å². The van der Waals surface area contributed by atoms with E-state index in [1.54, 1.807) is 0 Å². The summed E-state index contributed by atoms with van der Waals surface area (Å²) in [5.74, 6) is 0.0296. The summed E-state index contributed by atoms with van der Waals surface area (Å²) >= 11 is 0. The molecule has 19 heavy (non-hydrogen) atoms. The third-order valence-electron chi connectivity index (χ3n) is 3.04. The predicted molar refractivity (Wildman–Crippen MR) is 80.1 cm³/mol.